The molecular weight excluding hydrogens is 270 g/mol. The van der Waals surface area contributed by atoms with Crippen LogP contribution in [0.15, 0.2) is 12.4 Å². The lowest BCUT2D eigenvalue weighted by atomic mass is 9.98. The molecule has 1 fully saturated rings. The normalized spacial score (nSPS) is 19.3. The molecule has 0 radical (unpaired) electrons. The molecule has 0 bridgehead atoms. The molecule has 6 nitrogen and oxygen atoms in total. The Labute approximate surface area is 115 Å². The van der Waals surface area contributed by atoms with E-state index < -0.39 is 4.92 Å². The Kier molecular flexibility index (Phi) is 3.99. The highest BCUT2D eigenvalue weighted by Gasteiger charge is 2.32. The molecule has 1 unspecified atom stereocenters. The predicted octanol–water partition coefficient (Wildman–Crippen LogP) is 2.59. The fraction of sp³-hybridized carbons (Fsp3) is 0.500. The van der Waals surface area contributed by atoms with Crippen LogP contribution in [0.25, 0.3) is 0 Å². The summed E-state index contributed by atoms with van der Waals surface area (Å²) >= 11 is 6.06. The topological polar surface area (TPSA) is 76.3 Å². The molecule has 1 atom stereocenters. The molecule has 0 amide bonds. The highest BCUT2D eigenvalue weighted by Crippen LogP contribution is 2.38. The number of nitro groups is 1. The van der Waals surface area contributed by atoms with Crippen molar-refractivity contribution in [1.82, 2.24) is 4.98 Å². The van der Waals surface area contributed by atoms with E-state index in [2.05, 4.69) is 4.98 Å². The lowest BCUT2D eigenvalue weighted by Gasteiger charge is -2.35. The van der Waals surface area contributed by atoms with Gasteiger partial charge < -0.3 is 4.90 Å². The number of anilines is 1. The Morgan fingerprint density at radius 3 is 2.89 bits per heavy atom. The van der Waals surface area contributed by atoms with Gasteiger partial charge in [-0.2, -0.15) is 0 Å². The Morgan fingerprint density at radius 1 is 1.53 bits per heavy atom. The summed E-state index contributed by atoms with van der Waals surface area (Å²) in [4.78, 5) is 27.8. The number of Topliss-reactive ketones (excluding diaryl/α,β-unsaturated/α-hetero) is 1. The standard InChI is InChI=1S/C12H14ClN3O3/c1-8(17)10-4-2-3-5-15(10)12-9(13)6-14-7-11(12)16(18)19/h6-7,10H,2-5H2,1H3. The van der Waals surface area contributed by atoms with Crippen LogP contribution in [0.3, 0.4) is 0 Å². The number of carbonyl (C=O) groups is 1. The number of carbonyl (C=O) groups excluding carboxylic acids is 1. The van der Waals surface area contributed by atoms with Crippen LogP contribution in [0.5, 0.6) is 0 Å². The van der Waals surface area contributed by atoms with Gasteiger partial charge in [-0.3, -0.25) is 19.9 Å². The summed E-state index contributed by atoms with van der Waals surface area (Å²) in [5, 5.41) is 11.3. The summed E-state index contributed by atoms with van der Waals surface area (Å²) < 4.78 is 0. The van der Waals surface area contributed by atoms with Gasteiger partial charge in [0.15, 0.2) is 5.78 Å². The first-order valence-corrected chi connectivity index (χ1v) is 6.45. The average Bonchev–Trinajstić information content (AvgIpc) is 2.38. The van der Waals surface area contributed by atoms with Crippen LogP contribution in [-0.4, -0.2) is 28.3 Å². The monoisotopic (exact) mass is 283 g/mol. The molecule has 1 aliphatic rings. The van der Waals surface area contributed by atoms with E-state index in [1.54, 1.807) is 4.90 Å². The van der Waals surface area contributed by atoms with Crippen molar-refractivity contribution in [1.29, 1.82) is 0 Å². The molecule has 1 aromatic rings. The summed E-state index contributed by atoms with van der Waals surface area (Å²) in [5.41, 5.74) is 0.155. The molecule has 0 aromatic carbocycles. The quantitative estimate of drug-likeness (QED) is 0.629. The number of pyridine rings is 1. The molecule has 0 spiro atoms. The number of ketones is 1. The molecule has 0 aliphatic carbocycles. The number of hydrogen-bond acceptors (Lipinski definition) is 5. The minimum absolute atomic E-state index is 0.00174. The molecule has 7 heteroatoms. The summed E-state index contributed by atoms with van der Waals surface area (Å²) in [6, 6.07) is -0.340. The fourth-order valence-corrected chi connectivity index (χ4v) is 2.72. The van der Waals surface area contributed by atoms with Crippen LogP contribution >= 0.6 is 11.6 Å². The van der Waals surface area contributed by atoms with Crippen LogP contribution in [0.2, 0.25) is 5.02 Å². The molecule has 1 saturated heterocycles. The molecule has 19 heavy (non-hydrogen) atoms. The first-order chi connectivity index (χ1) is 9.02. The van der Waals surface area contributed by atoms with E-state index in [4.69, 9.17) is 11.6 Å². The Bertz CT molecular complexity index is 521. The van der Waals surface area contributed by atoms with Crippen molar-refractivity contribution in [2.45, 2.75) is 32.2 Å². The highest BCUT2D eigenvalue weighted by molar-refractivity contribution is 6.33. The minimum Gasteiger partial charge on any atom is -0.355 e. The average molecular weight is 284 g/mol. The predicted molar refractivity (Wildman–Crippen MR) is 71.6 cm³/mol. The number of aromatic nitrogens is 1. The SMILES string of the molecule is CC(=O)C1CCCCN1c1c(Cl)cncc1[N+](=O)[O-]. The van der Waals surface area contributed by atoms with Gasteiger partial charge in [0.2, 0.25) is 0 Å². The molecule has 2 rings (SSSR count). The second-order valence-electron chi connectivity index (χ2n) is 4.56. The summed E-state index contributed by atoms with van der Waals surface area (Å²) in [6.07, 6.45) is 5.07. The smallest absolute Gasteiger partial charge is 0.312 e. The highest BCUT2D eigenvalue weighted by atomic mass is 35.5. The van der Waals surface area contributed by atoms with Crippen molar-refractivity contribution in [2.75, 3.05) is 11.4 Å². The fourth-order valence-electron chi connectivity index (χ4n) is 2.46. The van der Waals surface area contributed by atoms with Crippen molar-refractivity contribution >= 4 is 28.8 Å². The lowest BCUT2D eigenvalue weighted by molar-refractivity contribution is -0.384. The van der Waals surface area contributed by atoms with E-state index in [1.165, 1.54) is 19.3 Å². The van der Waals surface area contributed by atoms with Crippen LogP contribution in [0.4, 0.5) is 11.4 Å². The molecule has 1 aliphatic heterocycles. The summed E-state index contributed by atoms with van der Waals surface area (Å²) in [7, 11) is 0. The zero-order chi connectivity index (χ0) is 14.0. The Balaban J connectivity index is 2.49. The van der Waals surface area contributed by atoms with Crippen molar-refractivity contribution in [3.05, 3.63) is 27.5 Å². The van der Waals surface area contributed by atoms with Crippen LogP contribution in [0.1, 0.15) is 26.2 Å². The molecule has 1 aromatic heterocycles. The lowest BCUT2D eigenvalue weighted by Crippen LogP contribution is -2.44. The number of nitrogens with zero attached hydrogens (tertiary/aromatic N) is 3. The third kappa shape index (κ3) is 2.68. The van der Waals surface area contributed by atoms with Gasteiger partial charge in [-0.1, -0.05) is 11.6 Å². The third-order valence-electron chi connectivity index (χ3n) is 3.31. The van der Waals surface area contributed by atoms with E-state index in [9.17, 15) is 14.9 Å². The maximum absolute atomic E-state index is 11.7. The van der Waals surface area contributed by atoms with Gasteiger partial charge >= 0.3 is 5.69 Å². The number of rotatable bonds is 3. The van der Waals surface area contributed by atoms with Gasteiger partial charge in [-0.05, 0) is 26.2 Å². The molecule has 102 valence electrons. The van der Waals surface area contributed by atoms with E-state index >= 15 is 0 Å². The van der Waals surface area contributed by atoms with E-state index in [-0.39, 0.29) is 22.5 Å². The summed E-state index contributed by atoms with van der Waals surface area (Å²) in [5.74, 6) is 0.00174. The summed E-state index contributed by atoms with van der Waals surface area (Å²) in [6.45, 7) is 2.10. The van der Waals surface area contributed by atoms with Gasteiger partial charge in [0, 0.05) is 12.7 Å². The van der Waals surface area contributed by atoms with Gasteiger partial charge in [0.1, 0.15) is 11.9 Å². The number of halogens is 1. The Hall–Kier alpha value is -1.69. The first-order valence-electron chi connectivity index (χ1n) is 6.07. The maximum Gasteiger partial charge on any atom is 0.312 e. The van der Waals surface area contributed by atoms with Crippen molar-refractivity contribution in [3.8, 4) is 0 Å². The van der Waals surface area contributed by atoms with E-state index in [0.717, 1.165) is 12.8 Å². The zero-order valence-corrected chi connectivity index (χ0v) is 11.3. The van der Waals surface area contributed by atoms with Crippen molar-refractivity contribution < 1.29 is 9.72 Å². The number of piperidine rings is 1. The Morgan fingerprint density at radius 2 is 2.26 bits per heavy atom. The molecule has 0 saturated carbocycles. The first kappa shape index (κ1) is 13.7. The second kappa shape index (κ2) is 5.52. The van der Waals surface area contributed by atoms with Crippen molar-refractivity contribution in [3.63, 3.8) is 0 Å². The van der Waals surface area contributed by atoms with Crippen LogP contribution in [0, 0.1) is 10.1 Å². The van der Waals surface area contributed by atoms with E-state index in [1.807, 2.05) is 0 Å². The minimum atomic E-state index is -0.514. The zero-order valence-electron chi connectivity index (χ0n) is 10.5. The van der Waals surface area contributed by atoms with Gasteiger partial charge in [-0.25, -0.2) is 0 Å². The largest absolute Gasteiger partial charge is 0.355 e. The van der Waals surface area contributed by atoms with Gasteiger partial charge in [-0.15, -0.1) is 0 Å². The van der Waals surface area contributed by atoms with Gasteiger partial charge in [0.05, 0.1) is 16.0 Å². The molecular formula is C12H14ClN3O3. The van der Waals surface area contributed by atoms with Gasteiger partial charge in [0.25, 0.3) is 0 Å². The van der Waals surface area contributed by atoms with E-state index in [0.29, 0.717) is 18.7 Å². The van der Waals surface area contributed by atoms with Crippen molar-refractivity contribution in [2.24, 2.45) is 0 Å². The number of hydrogen-bond donors (Lipinski definition) is 0. The van der Waals surface area contributed by atoms with Crippen LogP contribution in [-0.2, 0) is 4.79 Å². The van der Waals surface area contributed by atoms with Crippen LogP contribution < -0.4 is 4.90 Å². The second-order valence-corrected chi connectivity index (χ2v) is 4.97. The third-order valence-corrected chi connectivity index (χ3v) is 3.59. The molecule has 0 N–H and O–H groups in total. The maximum atomic E-state index is 11.7. The molecule has 2 heterocycles.